The van der Waals surface area contributed by atoms with Crippen molar-refractivity contribution in [1.29, 1.82) is 0 Å². The van der Waals surface area contributed by atoms with E-state index in [0.717, 1.165) is 35.7 Å². The van der Waals surface area contributed by atoms with Crippen molar-refractivity contribution in [1.82, 2.24) is 0 Å². The zero-order chi connectivity index (χ0) is 21.3. The van der Waals surface area contributed by atoms with E-state index in [1.54, 1.807) is 25.4 Å². The second-order valence-electron chi connectivity index (χ2n) is 10.0. The van der Waals surface area contributed by atoms with Gasteiger partial charge in [-0.3, -0.25) is 0 Å². The Morgan fingerprint density at radius 2 is 0.867 bits per heavy atom. The molecule has 2 heterocycles. The first kappa shape index (κ1) is 21.7. The van der Waals surface area contributed by atoms with Gasteiger partial charge in [0.05, 0.1) is 0 Å². The molecule has 3 aromatic carbocycles. The third-order valence-electron chi connectivity index (χ3n) is 7.49. The van der Waals surface area contributed by atoms with Gasteiger partial charge in [0.1, 0.15) is 0 Å². The van der Waals surface area contributed by atoms with Crippen LogP contribution in [-0.4, -0.2) is 36.8 Å². The third-order valence-corrected chi connectivity index (χ3v) is 28.7. The number of hydrogen-bond donors (Lipinski definition) is 0. The molecular formula is C26H28Cl2Sn2. The minimum atomic E-state index is -2.74. The van der Waals surface area contributed by atoms with Crippen LogP contribution in [0, 0.1) is 0 Å². The first-order valence-electron chi connectivity index (χ1n) is 10.9. The van der Waals surface area contributed by atoms with Crippen LogP contribution in [0.5, 0.6) is 0 Å². The zero-order valence-corrected chi connectivity index (χ0v) is 25.4. The summed E-state index contributed by atoms with van der Waals surface area (Å²) < 4.78 is 6.61. The fourth-order valence-corrected chi connectivity index (χ4v) is 26.8. The first-order valence-corrected chi connectivity index (χ1v) is 28.8. The SMILES string of the molecule is [CH3][Sn]1([CH3])[c]2cc(Cl)ccc2CCc2cc3[c](c[c]21)[Sn]([CH3])([CH3])[c]1cc(Cl)ccc1CC3. The van der Waals surface area contributed by atoms with Crippen molar-refractivity contribution < 1.29 is 0 Å². The van der Waals surface area contributed by atoms with E-state index in [0.29, 0.717) is 0 Å². The van der Waals surface area contributed by atoms with Crippen LogP contribution < -0.4 is 14.3 Å². The van der Waals surface area contributed by atoms with Crippen LogP contribution in [0.1, 0.15) is 22.3 Å². The molecule has 0 nitrogen and oxygen atoms in total. The number of aryl methyl sites for hydroxylation is 4. The van der Waals surface area contributed by atoms with Gasteiger partial charge in [-0.25, -0.2) is 0 Å². The molecule has 2 aliphatic rings. The summed E-state index contributed by atoms with van der Waals surface area (Å²) in [6.45, 7) is 0. The number of rotatable bonds is 0. The van der Waals surface area contributed by atoms with E-state index in [2.05, 4.69) is 68.3 Å². The Labute approximate surface area is 198 Å². The third kappa shape index (κ3) is 3.49. The molecule has 4 heteroatoms. The van der Waals surface area contributed by atoms with Crippen molar-refractivity contribution in [2.24, 2.45) is 0 Å². The van der Waals surface area contributed by atoms with Crippen molar-refractivity contribution in [2.45, 2.75) is 45.4 Å². The summed E-state index contributed by atoms with van der Waals surface area (Å²) >= 11 is 7.45. The van der Waals surface area contributed by atoms with Gasteiger partial charge >= 0.3 is 201 Å². The van der Waals surface area contributed by atoms with E-state index in [1.807, 2.05) is 0 Å². The molecule has 0 fully saturated rings. The molecule has 30 heavy (non-hydrogen) atoms. The second kappa shape index (κ2) is 7.71. The van der Waals surface area contributed by atoms with Crippen LogP contribution in [0.2, 0.25) is 29.8 Å². The van der Waals surface area contributed by atoms with Gasteiger partial charge < -0.3 is 0 Å². The predicted octanol–water partition coefficient (Wildman–Crippen LogP) is 4.84. The molecule has 0 radical (unpaired) electrons. The topological polar surface area (TPSA) is 0 Å². The van der Waals surface area contributed by atoms with E-state index < -0.39 is 36.8 Å². The summed E-state index contributed by atoms with van der Waals surface area (Å²) in [6, 6.07) is 18.6. The summed E-state index contributed by atoms with van der Waals surface area (Å²) in [5.41, 5.74) is 6.30. The number of fused-ring (bicyclic) bond motifs is 4. The molecule has 0 amide bonds. The van der Waals surface area contributed by atoms with Crippen LogP contribution in [-0.2, 0) is 25.7 Å². The van der Waals surface area contributed by atoms with Gasteiger partial charge in [0.25, 0.3) is 0 Å². The monoisotopic (exact) mass is 650 g/mol. The number of halogens is 2. The molecule has 0 saturated heterocycles. The summed E-state index contributed by atoms with van der Waals surface area (Å²) in [4.78, 5) is 10.4. The second-order valence-corrected chi connectivity index (χ2v) is 35.6. The summed E-state index contributed by atoms with van der Waals surface area (Å²) in [7, 11) is 0. The van der Waals surface area contributed by atoms with E-state index in [1.165, 1.54) is 11.1 Å². The van der Waals surface area contributed by atoms with Crippen molar-refractivity contribution in [2.75, 3.05) is 0 Å². The van der Waals surface area contributed by atoms with Gasteiger partial charge in [0, 0.05) is 0 Å². The molecule has 2 aliphatic heterocycles. The average Bonchev–Trinajstić information content (AvgIpc) is 2.87. The average molecular weight is 649 g/mol. The molecule has 0 bridgehead atoms. The van der Waals surface area contributed by atoms with Crippen LogP contribution in [0.15, 0.2) is 48.5 Å². The van der Waals surface area contributed by atoms with Crippen LogP contribution in [0.3, 0.4) is 0 Å². The van der Waals surface area contributed by atoms with Crippen molar-refractivity contribution in [3.8, 4) is 0 Å². The Bertz CT molecular complexity index is 1090. The van der Waals surface area contributed by atoms with Crippen molar-refractivity contribution in [3.05, 3.63) is 80.8 Å². The Kier molecular flexibility index (Phi) is 5.57. The van der Waals surface area contributed by atoms with Gasteiger partial charge in [-0.15, -0.1) is 0 Å². The zero-order valence-electron chi connectivity index (χ0n) is 18.2. The molecule has 0 aliphatic carbocycles. The van der Waals surface area contributed by atoms with Crippen molar-refractivity contribution >= 4 is 74.3 Å². The van der Waals surface area contributed by atoms with Crippen LogP contribution >= 0.6 is 23.2 Å². The fourth-order valence-electron chi connectivity index (χ4n) is 5.80. The molecule has 5 rings (SSSR count). The van der Waals surface area contributed by atoms with Crippen molar-refractivity contribution in [3.63, 3.8) is 0 Å². The molecule has 0 spiro atoms. The Morgan fingerprint density at radius 3 is 1.30 bits per heavy atom. The van der Waals surface area contributed by atoms with E-state index in [9.17, 15) is 0 Å². The number of benzene rings is 3. The van der Waals surface area contributed by atoms with Gasteiger partial charge in [0.2, 0.25) is 0 Å². The predicted molar refractivity (Wildman–Crippen MR) is 138 cm³/mol. The fraction of sp³-hybridized carbons (Fsp3) is 0.308. The molecule has 0 saturated carbocycles. The van der Waals surface area contributed by atoms with Gasteiger partial charge in [0.15, 0.2) is 0 Å². The summed E-state index contributed by atoms with van der Waals surface area (Å²) in [5, 5.41) is 1.78. The Balaban J connectivity index is 1.75. The summed E-state index contributed by atoms with van der Waals surface area (Å²) in [6.07, 6.45) is 4.60. The van der Waals surface area contributed by atoms with E-state index in [4.69, 9.17) is 23.2 Å². The Hall–Kier alpha value is -0.163. The maximum atomic E-state index is 6.47. The molecular weight excluding hydrogens is 621 g/mol. The van der Waals surface area contributed by atoms with Crippen LogP contribution in [0.25, 0.3) is 0 Å². The van der Waals surface area contributed by atoms with Gasteiger partial charge in [-0.2, -0.15) is 0 Å². The summed E-state index contributed by atoms with van der Waals surface area (Å²) in [5.74, 6) is 0. The molecule has 3 aromatic rings. The van der Waals surface area contributed by atoms with Gasteiger partial charge in [-0.1, -0.05) is 0 Å². The van der Waals surface area contributed by atoms with E-state index >= 15 is 0 Å². The quantitative estimate of drug-likeness (QED) is 0.307. The maximum absolute atomic E-state index is 6.47. The normalized spacial score (nSPS) is 18.3. The van der Waals surface area contributed by atoms with Gasteiger partial charge in [-0.05, 0) is 0 Å². The van der Waals surface area contributed by atoms with E-state index in [-0.39, 0.29) is 0 Å². The molecule has 0 N–H and O–H groups in total. The first-order chi connectivity index (χ1) is 14.2. The molecule has 154 valence electrons. The number of hydrogen-bond acceptors (Lipinski definition) is 0. The Morgan fingerprint density at radius 1 is 0.500 bits per heavy atom. The molecule has 0 unspecified atom stereocenters. The molecule has 0 atom stereocenters. The standard InChI is InChI=1S/C22H16Cl2.4CH3.2Sn/c23-21-12-8-17(9-13-21)4-6-19-2-1-3-20(16-19)7-5-18-10-14-22(24)15-11-18;;;;;;/h1,8,10,12-16H,4-7H2;4*1H3;;. The van der Waals surface area contributed by atoms with Crippen LogP contribution in [0.4, 0.5) is 0 Å². The molecule has 0 aromatic heterocycles. The minimum absolute atomic E-state index is 0.889.